The first-order valence-electron chi connectivity index (χ1n) is 9.87. The number of nitrogens with one attached hydrogen (secondary N) is 1. The molecule has 3 aliphatic heterocycles. The topological polar surface area (TPSA) is 52.6 Å². The molecule has 0 spiro atoms. The van der Waals surface area contributed by atoms with Crippen molar-refractivity contribution in [1.29, 1.82) is 0 Å². The highest BCUT2D eigenvalue weighted by molar-refractivity contribution is 5.64. The van der Waals surface area contributed by atoms with Crippen LogP contribution in [0.1, 0.15) is 32.3 Å². The van der Waals surface area contributed by atoms with Gasteiger partial charge in [0, 0.05) is 18.1 Å². The molecule has 3 aliphatic rings. The molecule has 28 heavy (non-hydrogen) atoms. The summed E-state index contributed by atoms with van der Waals surface area (Å²) in [6.07, 6.45) is 2.65. The van der Waals surface area contributed by atoms with Crippen LogP contribution in [0, 0.1) is 11.7 Å². The zero-order valence-electron chi connectivity index (χ0n) is 16.6. The molecule has 1 unspecified atom stereocenters. The van der Waals surface area contributed by atoms with E-state index in [1.54, 1.807) is 0 Å². The normalized spacial score (nSPS) is 23.6. The second-order valence-corrected chi connectivity index (χ2v) is 8.21. The molecule has 3 heterocycles. The van der Waals surface area contributed by atoms with Gasteiger partial charge < -0.3 is 15.3 Å². The van der Waals surface area contributed by atoms with E-state index in [2.05, 4.69) is 48.3 Å². The Morgan fingerprint density at radius 1 is 1.11 bits per heavy atom. The Balaban J connectivity index is 0.000000706. The zero-order valence-corrected chi connectivity index (χ0v) is 16.6. The van der Waals surface area contributed by atoms with E-state index in [4.69, 9.17) is 9.90 Å². The van der Waals surface area contributed by atoms with Crippen molar-refractivity contribution in [2.45, 2.75) is 38.3 Å². The van der Waals surface area contributed by atoms with Crippen LogP contribution in [0.3, 0.4) is 0 Å². The van der Waals surface area contributed by atoms with Crippen LogP contribution < -0.4 is 5.32 Å². The van der Waals surface area contributed by atoms with E-state index in [1.165, 1.54) is 50.2 Å². The molecule has 2 bridgehead atoms. The molecule has 4 nitrogen and oxygen atoms in total. The summed E-state index contributed by atoms with van der Waals surface area (Å²) in [7, 11) is 0. The average molecular weight is 384 g/mol. The predicted octanol–water partition coefficient (Wildman–Crippen LogP) is 4.11. The van der Waals surface area contributed by atoms with Gasteiger partial charge in [-0.2, -0.15) is 0 Å². The lowest BCUT2D eigenvalue weighted by atomic mass is 9.81. The molecule has 5 heteroatoms. The first-order valence-corrected chi connectivity index (χ1v) is 9.87. The molecule has 2 aromatic rings. The van der Waals surface area contributed by atoms with E-state index in [1.807, 2.05) is 12.1 Å². The van der Waals surface area contributed by atoms with Gasteiger partial charge in [-0.3, -0.25) is 4.79 Å². The molecule has 0 aromatic heterocycles. The van der Waals surface area contributed by atoms with E-state index in [0.717, 1.165) is 17.0 Å². The Hall–Kier alpha value is -2.24. The van der Waals surface area contributed by atoms with Gasteiger partial charge in [0.15, 0.2) is 0 Å². The van der Waals surface area contributed by atoms with E-state index in [0.29, 0.717) is 6.04 Å². The molecule has 2 aromatic carbocycles. The largest absolute Gasteiger partial charge is 0.483 e. The first kappa shape index (κ1) is 20.5. The maximum atomic E-state index is 13.2. The summed E-state index contributed by atoms with van der Waals surface area (Å²) in [4.78, 5) is 10.9. The molecule has 5 rings (SSSR count). The van der Waals surface area contributed by atoms with Crippen molar-refractivity contribution in [3.63, 3.8) is 0 Å². The fraction of sp³-hybridized carbons (Fsp3) is 0.435. The Morgan fingerprint density at radius 2 is 1.75 bits per heavy atom. The van der Waals surface area contributed by atoms with E-state index < -0.39 is 0 Å². The lowest BCUT2D eigenvalue weighted by Gasteiger charge is -2.48. The number of piperidine rings is 3. The third kappa shape index (κ3) is 4.78. The molecule has 3 saturated heterocycles. The van der Waals surface area contributed by atoms with Gasteiger partial charge in [-0.05, 0) is 80.6 Å². The molecular formula is C23H29FN2O2. The van der Waals surface area contributed by atoms with E-state index in [9.17, 15) is 4.39 Å². The molecule has 1 atom stereocenters. The van der Waals surface area contributed by atoms with Gasteiger partial charge in [-0.25, -0.2) is 4.39 Å². The fourth-order valence-electron chi connectivity index (χ4n) is 4.41. The summed E-state index contributed by atoms with van der Waals surface area (Å²) in [6.45, 7) is 8.00. The molecule has 0 amide bonds. The summed E-state index contributed by atoms with van der Waals surface area (Å²) in [5.41, 5.74) is 3.40. The maximum absolute atomic E-state index is 13.2. The maximum Gasteiger partial charge on any atom is 0.290 e. The van der Waals surface area contributed by atoms with Crippen molar-refractivity contribution < 1.29 is 14.3 Å². The van der Waals surface area contributed by atoms with Gasteiger partial charge in [-0.1, -0.05) is 30.3 Å². The van der Waals surface area contributed by atoms with Gasteiger partial charge in [-0.15, -0.1) is 0 Å². The quantitative estimate of drug-likeness (QED) is 0.779. The third-order valence-corrected chi connectivity index (χ3v) is 5.96. The van der Waals surface area contributed by atoms with Crippen molar-refractivity contribution in [2.24, 2.45) is 5.92 Å². The summed E-state index contributed by atoms with van der Waals surface area (Å²) in [5.74, 6) is 0.619. The van der Waals surface area contributed by atoms with E-state index in [-0.39, 0.29) is 17.8 Å². The summed E-state index contributed by atoms with van der Waals surface area (Å²) < 4.78 is 13.2. The number of benzene rings is 2. The highest BCUT2D eigenvalue weighted by Crippen LogP contribution is 2.32. The van der Waals surface area contributed by atoms with Gasteiger partial charge in [0.1, 0.15) is 5.82 Å². The van der Waals surface area contributed by atoms with Crippen molar-refractivity contribution in [3.05, 3.63) is 59.9 Å². The minimum Gasteiger partial charge on any atom is -0.483 e. The fourth-order valence-corrected chi connectivity index (χ4v) is 4.41. The second-order valence-electron chi connectivity index (χ2n) is 8.21. The Bertz CT molecular complexity index is 783. The zero-order chi connectivity index (χ0) is 20.1. The Morgan fingerprint density at radius 3 is 2.32 bits per heavy atom. The number of carboxylic acid groups (broad SMARTS) is 1. The Kier molecular flexibility index (Phi) is 6.47. The SMILES string of the molecule is CC(C)(NC1CN2CCC1CC2)c1cccc(-c2ccc(F)cc2)c1.O=CO. The average Bonchev–Trinajstić information content (AvgIpc) is 2.70. The van der Waals surface area contributed by atoms with Crippen LogP contribution in [0.25, 0.3) is 11.1 Å². The number of hydrogen-bond donors (Lipinski definition) is 2. The molecule has 3 fully saturated rings. The molecule has 150 valence electrons. The van der Waals surface area contributed by atoms with Gasteiger partial charge in [0.25, 0.3) is 6.47 Å². The third-order valence-electron chi connectivity index (χ3n) is 5.96. The first-order chi connectivity index (χ1) is 13.4. The highest BCUT2D eigenvalue weighted by Gasteiger charge is 2.37. The molecular weight excluding hydrogens is 355 g/mol. The molecule has 0 radical (unpaired) electrons. The van der Waals surface area contributed by atoms with Crippen LogP contribution in [0.2, 0.25) is 0 Å². The number of rotatable bonds is 4. The van der Waals surface area contributed by atoms with Crippen molar-refractivity contribution >= 4 is 6.47 Å². The Labute approximate surface area is 166 Å². The van der Waals surface area contributed by atoms with Crippen LogP contribution in [0.4, 0.5) is 4.39 Å². The number of nitrogens with zero attached hydrogens (tertiary/aromatic N) is 1. The standard InChI is InChI=1S/C22H27FN2.CH2O2/c1-22(2,24-21-15-25-12-10-17(21)11-13-25)19-5-3-4-18(14-19)16-6-8-20(23)9-7-16;2-1-3/h3-9,14,17,21,24H,10-13,15H2,1-2H3;1H,(H,2,3). The van der Waals surface area contributed by atoms with Crippen LogP contribution in [0.5, 0.6) is 0 Å². The minimum absolute atomic E-state index is 0.0840. The smallest absolute Gasteiger partial charge is 0.290 e. The summed E-state index contributed by atoms with van der Waals surface area (Å²) in [5, 5.41) is 10.8. The van der Waals surface area contributed by atoms with Crippen molar-refractivity contribution in [2.75, 3.05) is 19.6 Å². The lowest BCUT2D eigenvalue weighted by molar-refractivity contribution is -0.122. The lowest BCUT2D eigenvalue weighted by Crippen LogP contribution is -2.59. The second kappa shape index (κ2) is 8.84. The predicted molar refractivity (Wildman–Crippen MR) is 110 cm³/mol. The monoisotopic (exact) mass is 384 g/mol. The number of halogens is 1. The van der Waals surface area contributed by atoms with Gasteiger partial charge in [0.2, 0.25) is 0 Å². The minimum atomic E-state index is -0.250. The van der Waals surface area contributed by atoms with Gasteiger partial charge >= 0.3 is 0 Å². The highest BCUT2D eigenvalue weighted by atomic mass is 19.1. The molecule has 2 N–H and O–H groups in total. The van der Waals surface area contributed by atoms with Crippen molar-refractivity contribution in [3.8, 4) is 11.1 Å². The summed E-state index contributed by atoms with van der Waals surface area (Å²) in [6, 6.07) is 16.0. The van der Waals surface area contributed by atoms with Crippen LogP contribution in [-0.4, -0.2) is 42.2 Å². The summed E-state index contributed by atoms with van der Waals surface area (Å²) >= 11 is 0. The number of hydrogen-bond acceptors (Lipinski definition) is 3. The number of carbonyl (C=O) groups is 1. The van der Waals surface area contributed by atoms with Gasteiger partial charge in [0.05, 0.1) is 0 Å². The van der Waals surface area contributed by atoms with Crippen molar-refractivity contribution in [1.82, 2.24) is 10.2 Å². The van der Waals surface area contributed by atoms with E-state index >= 15 is 0 Å². The molecule has 0 aliphatic carbocycles. The molecule has 0 saturated carbocycles. The van der Waals surface area contributed by atoms with Crippen LogP contribution in [0.15, 0.2) is 48.5 Å². The number of fused-ring (bicyclic) bond motifs is 3. The van der Waals surface area contributed by atoms with Crippen LogP contribution in [-0.2, 0) is 10.3 Å². The van der Waals surface area contributed by atoms with Crippen LogP contribution >= 0.6 is 0 Å².